The maximum Gasteiger partial charge on any atom is 0.223 e. The number of aliphatic hydroxyl groups excluding tert-OH is 1. The van der Waals surface area contributed by atoms with Gasteiger partial charge in [-0.05, 0) is 12.8 Å². The fraction of sp³-hybridized carbons (Fsp3) is 0.917. The van der Waals surface area contributed by atoms with Gasteiger partial charge in [-0.1, -0.05) is 13.8 Å². The van der Waals surface area contributed by atoms with Crippen LogP contribution in [0.4, 0.5) is 0 Å². The average Bonchev–Trinajstić information content (AvgIpc) is 3.05. The Kier molecular flexibility index (Phi) is 4.01. The van der Waals surface area contributed by atoms with Crippen molar-refractivity contribution in [3.63, 3.8) is 0 Å². The Hall–Kier alpha value is -0.650. The Morgan fingerprint density at radius 3 is 2.76 bits per heavy atom. The van der Waals surface area contributed by atoms with Crippen LogP contribution in [0.1, 0.15) is 26.7 Å². The van der Waals surface area contributed by atoms with Gasteiger partial charge >= 0.3 is 0 Å². The van der Waals surface area contributed by atoms with Crippen LogP contribution >= 0.6 is 0 Å². The van der Waals surface area contributed by atoms with Crippen molar-refractivity contribution < 1.29 is 14.6 Å². The van der Waals surface area contributed by atoms with Gasteiger partial charge in [0.2, 0.25) is 5.91 Å². The highest BCUT2D eigenvalue weighted by Crippen LogP contribution is 2.28. The zero-order valence-electron chi connectivity index (χ0n) is 10.5. The summed E-state index contributed by atoms with van der Waals surface area (Å²) in [6, 6.07) is 0.288. The zero-order valence-corrected chi connectivity index (χ0v) is 10.5. The molecule has 17 heavy (non-hydrogen) atoms. The highest BCUT2D eigenvalue weighted by molar-refractivity contribution is 5.80. The molecule has 1 amide bonds. The number of carbonyl (C=O) groups excluding carboxylic acids is 1. The SMILES string of the molecule is CC(C)N[C@@H]1CO[C@H](CNC(=O)C2CC2)[C@H]1O. The van der Waals surface area contributed by atoms with E-state index in [4.69, 9.17) is 4.74 Å². The lowest BCUT2D eigenvalue weighted by Gasteiger charge is -2.20. The highest BCUT2D eigenvalue weighted by Gasteiger charge is 2.37. The number of rotatable bonds is 5. The summed E-state index contributed by atoms with van der Waals surface area (Å²) in [5.41, 5.74) is 0. The van der Waals surface area contributed by atoms with Crippen molar-refractivity contribution in [2.45, 2.75) is 51.0 Å². The lowest BCUT2D eigenvalue weighted by atomic mass is 10.1. The molecule has 5 heteroatoms. The molecule has 0 radical (unpaired) electrons. The van der Waals surface area contributed by atoms with Crippen LogP contribution in [0.3, 0.4) is 0 Å². The molecule has 1 aliphatic heterocycles. The van der Waals surface area contributed by atoms with Crippen molar-refractivity contribution in [3.8, 4) is 0 Å². The van der Waals surface area contributed by atoms with Gasteiger partial charge in [-0.25, -0.2) is 0 Å². The molecule has 0 aromatic carbocycles. The molecule has 1 heterocycles. The van der Waals surface area contributed by atoms with E-state index in [1.54, 1.807) is 0 Å². The normalized spacial score (nSPS) is 33.1. The van der Waals surface area contributed by atoms with Gasteiger partial charge in [0.1, 0.15) is 6.10 Å². The number of aliphatic hydroxyl groups is 1. The van der Waals surface area contributed by atoms with Crippen molar-refractivity contribution in [1.82, 2.24) is 10.6 Å². The number of nitrogens with one attached hydrogen (secondary N) is 2. The van der Waals surface area contributed by atoms with Crippen LogP contribution in [0.5, 0.6) is 0 Å². The maximum absolute atomic E-state index is 11.5. The molecule has 2 aliphatic rings. The van der Waals surface area contributed by atoms with Crippen LogP contribution in [0, 0.1) is 5.92 Å². The minimum Gasteiger partial charge on any atom is -0.389 e. The fourth-order valence-corrected chi connectivity index (χ4v) is 2.13. The summed E-state index contributed by atoms with van der Waals surface area (Å²) in [4.78, 5) is 11.5. The van der Waals surface area contributed by atoms with Crippen molar-refractivity contribution in [1.29, 1.82) is 0 Å². The second-order valence-corrected chi connectivity index (χ2v) is 5.31. The third-order valence-electron chi connectivity index (χ3n) is 3.26. The van der Waals surface area contributed by atoms with Crippen LogP contribution in [-0.2, 0) is 9.53 Å². The monoisotopic (exact) mass is 242 g/mol. The molecular formula is C12H22N2O3. The Morgan fingerprint density at radius 1 is 1.47 bits per heavy atom. The van der Waals surface area contributed by atoms with Gasteiger partial charge in [-0.15, -0.1) is 0 Å². The first-order chi connectivity index (χ1) is 8.08. The second kappa shape index (κ2) is 5.33. The third-order valence-corrected chi connectivity index (χ3v) is 3.26. The summed E-state index contributed by atoms with van der Waals surface area (Å²) in [7, 11) is 0. The van der Waals surface area contributed by atoms with Crippen LogP contribution in [0.25, 0.3) is 0 Å². The van der Waals surface area contributed by atoms with Gasteiger partial charge in [0.05, 0.1) is 18.8 Å². The molecule has 0 unspecified atom stereocenters. The number of carbonyl (C=O) groups is 1. The van der Waals surface area contributed by atoms with Gasteiger partial charge < -0.3 is 20.5 Å². The van der Waals surface area contributed by atoms with Gasteiger partial charge in [-0.2, -0.15) is 0 Å². The highest BCUT2D eigenvalue weighted by atomic mass is 16.5. The van der Waals surface area contributed by atoms with Crippen molar-refractivity contribution in [2.75, 3.05) is 13.2 Å². The Labute approximate surface area is 102 Å². The van der Waals surface area contributed by atoms with E-state index in [1.807, 2.05) is 13.8 Å². The fourth-order valence-electron chi connectivity index (χ4n) is 2.13. The molecule has 1 aliphatic carbocycles. The quantitative estimate of drug-likeness (QED) is 0.616. The number of ether oxygens (including phenoxy) is 1. The Morgan fingerprint density at radius 2 is 2.18 bits per heavy atom. The Bertz CT molecular complexity index is 279. The van der Waals surface area contributed by atoms with E-state index in [1.165, 1.54) is 0 Å². The average molecular weight is 242 g/mol. The molecular weight excluding hydrogens is 220 g/mol. The third kappa shape index (κ3) is 3.40. The summed E-state index contributed by atoms with van der Waals surface area (Å²) in [6.07, 6.45) is 1.17. The number of amides is 1. The van der Waals surface area contributed by atoms with E-state index in [9.17, 15) is 9.90 Å². The molecule has 3 atom stereocenters. The van der Waals surface area contributed by atoms with Crippen LogP contribution in [-0.4, -0.2) is 48.5 Å². The lowest BCUT2D eigenvalue weighted by molar-refractivity contribution is -0.123. The smallest absolute Gasteiger partial charge is 0.223 e. The van der Waals surface area contributed by atoms with Gasteiger partial charge in [0, 0.05) is 18.5 Å². The standard InChI is InChI=1S/C12H22N2O3/c1-7(2)14-9-6-17-10(11(9)15)5-13-12(16)8-3-4-8/h7-11,14-15H,3-6H2,1-2H3,(H,13,16)/t9-,10-,11+/m1/s1. The molecule has 5 nitrogen and oxygen atoms in total. The van der Waals surface area contributed by atoms with Crippen molar-refractivity contribution >= 4 is 5.91 Å². The molecule has 0 spiro atoms. The second-order valence-electron chi connectivity index (χ2n) is 5.31. The first-order valence-electron chi connectivity index (χ1n) is 6.41. The molecule has 1 saturated carbocycles. The predicted molar refractivity (Wildman–Crippen MR) is 63.5 cm³/mol. The van der Waals surface area contributed by atoms with E-state index in [-0.39, 0.29) is 24.0 Å². The summed E-state index contributed by atoms with van der Waals surface area (Å²) in [5.74, 6) is 0.305. The van der Waals surface area contributed by atoms with Gasteiger partial charge in [-0.3, -0.25) is 4.79 Å². The molecule has 2 fully saturated rings. The largest absolute Gasteiger partial charge is 0.389 e. The zero-order chi connectivity index (χ0) is 12.4. The van der Waals surface area contributed by atoms with Crippen LogP contribution in [0.15, 0.2) is 0 Å². The number of hydrogen-bond acceptors (Lipinski definition) is 4. The molecule has 0 aromatic heterocycles. The first kappa shape index (κ1) is 12.8. The van der Waals surface area contributed by atoms with Gasteiger partial charge in [0.25, 0.3) is 0 Å². The minimum absolute atomic E-state index is 0.0298. The summed E-state index contributed by atoms with van der Waals surface area (Å²) in [6.45, 7) is 4.99. The van der Waals surface area contributed by atoms with E-state index < -0.39 is 6.10 Å². The van der Waals surface area contributed by atoms with Gasteiger partial charge in [0.15, 0.2) is 0 Å². The van der Waals surface area contributed by atoms with E-state index in [2.05, 4.69) is 10.6 Å². The van der Waals surface area contributed by atoms with Crippen molar-refractivity contribution in [3.05, 3.63) is 0 Å². The molecule has 2 rings (SSSR count). The van der Waals surface area contributed by atoms with Crippen LogP contribution < -0.4 is 10.6 Å². The van der Waals surface area contributed by atoms with Crippen molar-refractivity contribution in [2.24, 2.45) is 5.92 Å². The maximum atomic E-state index is 11.5. The minimum atomic E-state index is -0.545. The summed E-state index contributed by atoms with van der Waals surface area (Å²) in [5, 5.41) is 16.1. The van der Waals surface area contributed by atoms with E-state index in [0.717, 1.165) is 12.8 Å². The number of hydrogen-bond donors (Lipinski definition) is 3. The molecule has 0 bridgehead atoms. The topological polar surface area (TPSA) is 70.6 Å². The summed E-state index contributed by atoms with van der Waals surface area (Å²) >= 11 is 0. The van der Waals surface area contributed by atoms with Crippen LogP contribution in [0.2, 0.25) is 0 Å². The molecule has 3 N–H and O–H groups in total. The van der Waals surface area contributed by atoms with E-state index >= 15 is 0 Å². The predicted octanol–water partition coefficient (Wildman–Crippen LogP) is -0.361. The van der Waals surface area contributed by atoms with E-state index in [0.29, 0.717) is 19.2 Å². The Balaban J connectivity index is 1.72. The first-order valence-corrected chi connectivity index (χ1v) is 6.41. The summed E-state index contributed by atoms with van der Waals surface area (Å²) < 4.78 is 5.50. The molecule has 98 valence electrons. The molecule has 1 saturated heterocycles. The molecule has 0 aromatic rings. The lowest BCUT2D eigenvalue weighted by Crippen LogP contribution is -2.47.